The van der Waals surface area contributed by atoms with Gasteiger partial charge >= 0.3 is 5.97 Å². The van der Waals surface area contributed by atoms with E-state index in [9.17, 15) is 30.2 Å². The van der Waals surface area contributed by atoms with Crippen molar-refractivity contribution < 1.29 is 34.1 Å². The molecule has 10 heteroatoms. The highest BCUT2D eigenvalue weighted by Gasteiger charge is 2.43. The number of hydrogen-bond acceptors (Lipinski definition) is 9. The van der Waals surface area contributed by atoms with E-state index in [1.807, 2.05) is 49.3 Å². The second-order valence-electron chi connectivity index (χ2n) is 8.62. The number of carbonyl (C=O) groups excluding carboxylic acids is 2. The average molecular weight is 492 g/mol. The van der Waals surface area contributed by atoms with Gasteiger partial charge in [0.1, 0.15) is 41.5 Å². The van der Waals surface area contributed by atoms with Gasteiger partial charge in [0.2, 0.25) is 0 Å². The van der Waals surface area contributed by atoms with Gasteiger partial charge in [-0.2, -0.15) is 5.26 Å². The highest BCUT2D eigenvalue weighted by atomic mass is 16.6. The lowest BCUT2D eigenvalue weighted by Crippen LogP contribution is -2.58. The van der Waals surface area contributed by atoms with E-state index in [-0.39, 0.29) is 17.9 Å². The van der Waals surface area contributed by atoms with Crippen LogP contribution in [-0.4, -0.2) is 72.3 Å². The zero-order valence-electron chi connectivity index (χ0n) is 19.6. The Bertz CT molecular complexity index is 1370. The zero-order valence-corrected chi connectivity index (χ0v) is 19.6. The van der Waals surface area contributed by atoms with Crippen LogP contribution in [0.4, 0.5) is 5.69 Å². The van der Waals surface area contributed by atoms with Crippen LogP contribution in [0.2, 0.25) is 0 Å². The van der Waals surface area contributed by atoms with Gasteiger partial charge in [0.15, 0.2) is 6.10 Å². The summed E-state index contributed by atoms with van der Waals surface area (Å²) < 4.78 is 10.7. The molecule has 1 aromatic heterocycles. The summed E-state index contributed by atoms with van der Waals surface area (Å²) in [5.41, 5.74) is 1.65. The zero-order chi connectivity index (χ0) is 26.0. The summed E-state index contributed by atoms with van der Waals surface area (Å²) in [4.78, 5) is 26.0. The molecule has 3 aromatic rings. The molecule has 1 fully saturated rings. The number of nitrogens with zero attached hydrogens (tertiary/aromatic N) is 2. The quantitative estimate of drug-likeness (QED) is 0.226. The number of esters is 1. The maximum atomic E-state index is 12.5. The van der Waals surface area contributed by atoms with E-state index in [1.54, 1.807) is 18.2 Å². The Morgan fingerprint density at radius 3 is 2.53 bits per heavy atom. The average Bonchev–Trinajstić information content (AvgIpc) is 3.35. The van der Waals surface area contributed by atoms with Gasteiger partial charge < -0.3 is 34.7 Å². The first-order valence-electron chi connectivity index (χ1n) is 11.1. The van der Waals surface area contributed by atoms with Crippen LogP contribution in [0.5, 0.6) is 0 Å². The van der Waals surface area contributed by atoms with Crippen LogP contribution in [0.25, 0.3) is 28.2 Å². The Hall–Kier alpha value is -4.17. The number of nitrogens with one attached hydrogen (secondary N) is 1. The van der Waals surface area contributed by atoms with E-state index < -0.39 is 36.3 Å². The molecule has 36 heavy (non-hydrogen) atoms. The lowest BCUT2D eigenvalue weighted by Gasteiger charge is -2.34. The summed E-state index contributed by atoms with van der Waals surface area (Å²) in [7, 11) is 3.96. The summed E-state index contributed by atoms with van der Waals surface area (Å²) in [6.07, 6.45) is -5.22. The van der Waals surface area contributed by atoms with E-state index in [4.69, 9.17) is 9.15 Å². The topological polar surface area (TPSA) is 156 Å². The van der Waals surface area contributed by atoms with Crippen LogP contribution >= 0.6 is 0 Å². The largest absolute Gasteiger partial charge is 0.457 e. The monoisotopic (exact) mass is 491 g/mol. The number of furan rings is 1. The lowest BCUT2D eigenvalue weighted by molar-refractivity contribution is -0.201. The summed E-state index contributed by atoms with van der Waals surface area (Å²) in [6.45, 7) is -0.370. The Balaban J connectivity index is 1.46. The number of cyclic esters (lactones) is 1. The standard InChI is InChI=1S/C26H25N3O7/c1-29(2)18-6-5-14-9-16(4-3-15(14)10-18)20-8-7-19(35-20)11-17(12-27)25(33)28-13-21-22(30)23(31)24(32)26(34)36-21/h3-11,21-24,30-32H,13H2,1-2H3,(H,28,33)/b17-11+/t21-,22-,23+,24-/m1/s1. The number of nitriles is 1. The maximum absolute atomic E-state index is 12.5. The normalized spacial score (nSPS) is 22.1. The van der Waals surface area contributed by atoms with Crippen molar-refractivity contribution in [3.63, 3.8) is 0 Å². The molecule has 4 atom stereocenters. The Morgan fingerprint density at radius 2 is 1.81 bits per heavy atom. The molecule has 0 aliphatic carbocycles. The molecule has 0 saturated carbocycles. The minimum Gasteiger partial charge on any atom is -0.457 e. The van der Waals surface area contributed by atoms with E-state index in [0.29, 0.717) is 5.76 Å². The fourth-order valence-corrected chi connectivity index (χ4v) is 3.83. The Labute approximate surface area is 206 Å². The molecular formula is C26H25N3O7. The fraction of sp³-hybridized carbons (Fsp3) is 0.269. The van der Waals surface area contributed by atoms with E-state index in [1.165, 1.54) is 6.08 Å². The van der Waals surface area contributed by atoms with Crippen molar-refractivity contribution in [1.82, 2.24) is 5.32 Å². The minimum absolute atomic E-state index is 0.275. The van der Waals surface area contributed by atoms with E-state index in [0.717, 1.165) is 22.0 Å². The molecule has 186 valence electrons. The highest BCUT2D eigenvalue weighted by molar-refractivity contribution is 6.01. The van der Waals surface area contributed by atoms with Crippen LogP contribution in [0, 0.1) is 11.3 Å². The van der Waals surface area contributed by atoms with Gasteiger partial charge in [-0.15, -0.1) is 0 Å². The van der Waals surface area contributed by atoms with Crippen molar-refractivity contribution >= 4 is 34.4 Å². The van der Waals surface area contributed by atoms with E-state index in [2.05, 4.69) is 11.4 Å². The molecule has 10 nitrogen and oxygen atoms in total. The molecule has 2 aromatic carbocycles. The van der Waals surface area contributed by atoms with Crippen molar-refractivity contribution in [3.8, 4) is 17.4 Å². The minimum atomic E-state index is -1.87. The molecule has 1 aliphatic rings. The number of carbonyl (C=O) groups is 2. The number of aliphatic hydroxyl groups is 3. The third kappa shape index (κ3) is 5.08. The van der Waals surface area contributed by atoms with Crippen LogP contribution in [0.3, 0.4) is 0 Å². The van der Waals surface area contributed by atoms with Gasteiger partial charge in [0.25, 0.3) is 5.91 Å². The van der Waals surface area contributed by atoms with Crippen LogP contribution in [0.15, 0.2) is 58.5 Å². The molecule has 0 bridgehead atoms. The third-order valence-electron chi connectivity index (χ3n) is 5.93. The molecule has 4 N–H and O–H groups in total. The van der Waals surface area contributed by atoms with Crippen LogP contribution in [0.1, 0.15) is 5.76 Å². The summed E-state index contributed by atoms with van der Waals surface area (Å²) >= 11 is 0. The number of aliphatic hydroxyl groups excluding tert-OH is 3. The van der Waals surface area contributed by atoms with Gasteiger partial charge in [0, 0.05) is 31.4 Å². The summed E-state index contributed by atoms with van der Waals surface area (Å²) in [5, 5.41) is 43.0. The van der Waals surface area contributed by atoms with Gasteiger partial charge in [0.05, 0.1) is 6.54 Å². The van der Waals surface area contributed by atoms with Gasteiger partial charge in [-0.3, -0.25) is 4.79 Å². The number of hydrogen-bond donors (Lipinski definition) is 4. The van der Waals surface area contributed by atoms with Crippen LogP contribution in [-0.2, 0) is 14.3 Å². The van der Waals surface area contributed by atoms with Gasteiger partial charge in [-0.25, -0.2) is 4.79 Å². The highest BCUT2D eigenvalue weighted by Crippen LogP contribution is 2.29. The molecule has 1 amide bonds. The third-order valence-corrected chi connectivity index (χ3v) is 5.93. The molecule has 0 spiro atoms. The smallest absolute Gasteiger partial charge is 0.338 e. The maximum Gasteiger partial charge on any atom is 0.338 e. The Morgan fingerprint density at radius 1 is 1.08 bits per heavy atom. The number of ether oxygens (including phenoxy) is 1. The van der Waals surface area contributed by atoms with Crippen molar-refractivity contribution in [2.45, 2.75) is 24.4 Å². The first-order valence-corrected chi connectivity index (χ1v) is 11.1. The summed E-state index contributed by atoms with van der Waals surface area (Å²) in [5.74, 6) is -1.07. The van der Waals surface area contributed by atoms with Crippen molar-refractivity contribution in [2.75, 3.05) is 25.5 Å². The molecule has 0 radical (unpaired) electrons. The molecule has 4 rings (SSSR count). The van der Waals surface area contributed by atoms with Gasteiger partial charge in [-0.1, -0.05) is 18.2 Å². The first-order chi connectivity index (χ1) is 17.2. The Kier molecular flexibility index (Phi) is 7.07. The first kappa shape index (κ1) is 24.9. The molecule has 0 unspecified atom stereocenters. The van der Waals surface area contributed by atoms with Crippen molar-refractivity contribution in [3.05, 3.63) is 59.9 Å². The number of rotatable bonds is 6. The van der Waals surface area contributed by atoms with E-state index >= 15 is 0 Å². The SMILES string of the molecule is CN(C)c1ccc2cc(-c3ccc(/C=C(\C#N)C(=O)NC[C@H]4OC(=O)[C@H](O)[C@@H](O)[C@@H]4O)o3)ccc2c1. The predicted octanol–water partition coefficient (Wildman–Crippen LogP) is 1.20. The van der Waals surface area contributed by atoms with Gasteiger partial charge in [-0.05, 0) is 41.1 Å². The predicted molar refractivity (Wildman–Crippen MR) is 130 cm³/mol. The van der Waals surface area contributed by atoms with Crippen molar-refractivity contribution in [2.24, 2.45) is 0 Å². The van der Waals surface area contributed by atoms with Crippen LogP contribution < -0.4 is 10.2 Å². The second-order valence-corrected chi connectivity index (χ2v) is 8.62. The molecule has 1 saturated heterocycles. The molecule has 1 aliphatic heterocycles. The van der Waals surface area contributed by atoms with Crippen molar-refractivity contribution in [1.29, 1.82) is 5.26 Å². The molecule has 2 heterocycles. The number of anilines is 1. The lowest BCUT2D eigenvalue weighted by atomic mass is 9.99. The summed E-state index contributed by atoms with van der Waals surface area (Å²) in [6, 6.07) is 17.2. The molecular weight excluding hydrogens is 466 g/mol. The second kappa shape index (κ2) is 10.2. The fourth-order valence-electron chi connectivity index (χ4n) is 3.83. The number of amides is 1. The number of fused-ring (bicyclic) bond motifs is 1. The number of benzene rings is 2.